The van der Waals surface area contributed by atoms with Crippen LogP contribution >= 0.6 is 0 Å². The predicted octanol–water partition coefficient (Wildman–Crippen LogP) is 0.455. The van der Waals surface area contributed by atoms with Crippen LogP contribution < -0.4 is 0 Å². The molecule has 0 nitrogen and oxygen atoms in total. The number of halogens is 3. The first kappa shape index (κ1) is 201. The average Bonchev–Trinajstić information content (AvgIpc) is 0. The van der Waals surface area contributed by atoms with Crippen LogP contribution in [0.1, 0.15) is 0 Å². The van der Waals surface area contributed by atoms with Gasteiger partial charge in [0.2, 0.25) is 0 Å². The molecule has 0 unspecified atom stereocenters. The van der Waals surface area contributed by atoms with E-state index in [-0.39, 0.29) is 36.5 Å². The molecule has 0 aliphatic carbocycles. The van der Waals surface area contributed by atoms with Gasteiger partial charge in [0.15, 0.2) is 0 Å². The molecule has 0 amide bonds. The standard InChI is InChI=1S/3FH.Ta/h3*1H;. The topological polar surface area (TPSA) is 0 Å². The minimum absolute atomic E-state index is 0. The Hall–Kier alpha value is 0.530. The molecule has 29 valence electrons. The molecular formula is H3F3Ta. The number of hydrogen-bond donors (Lipinski definition) is 0. The van der Waals surface area contributed by atoms with E-state index in [0.29, 0.717) is 0 Å². The quantitative estimate of drug-likeness (QED) is 0.577. The van der Waals surface area contributed by atoms with E-state index < -0.39 is 0 Å². The summed E-state index contributed by atoms with van der Waals surface area (Å²) in [5, 5.41) is 0. The number of hydrogen-bond acceptors (Lipinski definition) is 0. The summed E-state index contributed by atoms with van der Waals surface area (Å²) in [6, 6.07) is 0. The van der Waals surface area contributed by atoms with Crippen LogP contribution in [0.2, 0.25) is 0 Å². The fourth-order valence-electron chi connectivity index (χ4n) is 0. The summed E-state index contributed by atoms with van der Waals surface area (Å²) in [6.07, 6.45) is 0. The fourth-order valence-corrected chi connectivity index (χ4v) is 0. The van der Waals surface area contributed by atoms with Gasteiger partial charge in [-0.05, 0) is 0 Å². The Morgan fingerprint density at radius 2 is 0.500 bits per heavy atom. The van der Waals surface area contributed by atoms with Crippen molar-refractivity contribution in [1.82, 2.24) is 0 Å². The molecule has 0 saturated carbocycles. The van der Waals surface area contributed by atoms with Crippen molar-refractivity contribution in [2.24, 2.45) is 0 Å². The summed E-state index contributed by atoms with van der Waals surface area (Å²) in [6.45, 7) is 0. The molecule has 0 fully saturated rings. The van der Waals surface area contributed by atoms with Gasteiger partial charge in [0, 0.05) is 22.4 Å². The largest absolute Gasteiger partial charge is 0.269 e. The van der Waals surface area contributed by atoms with E-state index in [4.69, 9.17) is 0 Å². The molecule has 0 aromatic carbocycles. The van der Waals surface area contributed by atoms with Gasteiger partial charge in [-0.3, -0.25) is 14.1 Å². The zero-order valence-electron chi connectivity index (χ0n) is 1.67. The number of rotatable bonds is 0. The van der Waals surface area contributed by atoms with Gasteiger partial charge < -0.3 is 0 Å². The van der Waals surface area contributed by atoms with Gasteiger partial charge in [-0.25, -0.2) is 0 Å². The average molecular weight is 241 g/mol. The maximum absolute atomic E-state index is 0. The summed E-state index contributed by atoms with van der Waals surface area (Å²) < 4.78 is 0. The van der Waals surface area contributed by atoms with Gasteiger partial charge >= 0.3 is 0 Å². The van der Waals surface area contributed by atoms with Crippen molar-refractivity contribution in [3.8, 4) is 0 Å². The van der Waals surface area contributed by atoms with Crippen molar-refractivity contribution in [2.45, 2.75) is 0 Å². The van der Waals surface area contributed by atoms with Crippen LogP contribution in [-0.4, -0.2) is 0 Å². The van der Waals surface area contributed by atoms with Crippen LogP contribution in [-0.2, 0) is 22.4 Å². The summed E-state index contributed by atoms with van der Waals surface area (Å²) in [4.78, 5) is 0. The van der Waals surface area contributed by atoms with E-state index in [1.807, 2.05) is 0 Å². The first-order valence-corrected chi connectivity index (χ1v) is 0. The van der Waals surface area contributed by atoms with Crippen molar-refractivity contribution in [3.63, 3.8) is 0 Å². The maximum atomic E-state index is 0. The molecule has 0 bridgehead atoms. The Bertz CT molecular complexity index is 3.25. The SMILES string of the molecule is F.F.F.[Ta]. The molecule has 0 aliphatic rings. The van der Waals surface area contributed by atoms with E-state index in [1.165, 1.54) is 0 Å². The van der Waals surface area contributed by atoms with E-state index >= 15 is 0 Å². The normalized spacial score (nSPS) is 0. The molecule has 0 aromatic rings. The van der Waals surface area contributed by atoms with Crippen LogP contribution in [0.15, 0.2) is 0 Å². The predicted molar refractivity (Wildman–Crippen MR) is 7.51 cm³/mol. The third-order valence-corrected chi connectivity index (χ3v) is 0. The van der Waals surface area contributed by atoms with Crippen molar-refractivity contribution >= 4 is 0 Å². The Morgan fingerprint density at radius 3 is 0.500 bits per heavy atom. The van der Waals surface area contributed by atoms with Crippen molar-refractivity contribution in [1.29, 1.82) is 0 Å². The van der Waals surface area contributed by atoms with Crippen LogP contribution in [0, 0.1) is 0 Å². The van der Waals surface area contributed by atoms with Crippen LogP contribution in [0.4, 0.5) is 14.1 Å². The zero-order valence-corrected chi connectivity index (χ0v) is 4.89. The summed E-state index contributed by atoms with van der Waals surface area (Å²) in [7, 11) is 0. The summed E-state index contributed by atoms with van der Waals surface area (Å²) >= 11 is 0. The molecule has 0 N–H and O–H groups in total. The smallest absolute Gasteiger partial charge is 0 e. The van der Waals surface area contributed by atoms with Gasteiger partial charge in [0.05, 0.1) is 0 Å². The maximum Gasteiger partial charge on any atom is 0 e. The third-order valence-electron chi connectivity index (χ3n) is 0. The van der Waals surface area contributed by atoms with Crippen LogP contribution in [0.5, 0.6) is 0 Å². The monoisotopic (exact) mass is 241 g/mol. The third kappa shape index (κ3) is 21.1. The van der Waals surface area contributed by atoms with E-state index in [2.05, 4.69) is 0 Å². The van der Waals surface area contributed by atoms with E-state index in [9.17, 15) is 0 Å². The molecule has 0 aliphatic heterocycles. The Morgan fingerprint density at radius 1 is 0.500 bits per heavy atom. The Labute approximate surface area is 37.2 Å². The molecule has 0 rings (SSSR count). The molecule has 0 heterocycles. The molecule has 0 saturated heterocycles. The van der Waals surface area contributed by atoms with Gasteiger partial charge in [-0.15, -0.1) is 0 Å². The molecule has 0 aromatic heterocycles. The van der Waals surface area contributed by atoms with Crippen LogP contribution in [0.3, 0.4) is 0 Å². The second kappa shape index (κ2) is 80.4. The molecule has 0 atom stereocenters. The van der Waals surface area contributed by atoms with Crippen molar-refractivity contribution in [3.05, 3.63) is 0 Å². The first-order valence-electron chi connectivity index (χ1n) is 0. The summed E-state index contributed by atoms with van der Waals surface area (Å²) in [5.74, 6) is 0. The zero-order chi connectivity index (χ0) is 0. The van der Waals surface area contributed by atoms with Gasteiger partial charge in [-0.1, -0.05) is 0 Å². The molecule has 4 heteroatoms. The van der Waals surface area contributed by atoms with E-state index in [1.54, 1.807) is 0 Å². The van der Waals surface area contributed by atoms with Gasteiger partial charge in [0.1, 0.15) is 0 Å². The Balaban J connectivity index is 0. The van der Waals surface area contributed by atoms with Gasteiger partial charge in [-0.2, -0.15) is 0 Å². The summed E-state index contributed by atoms with van der Waals surface area (Å²) in [5.41, 5.74) is 0. The first-order chi connectivity index (χ1) is 0. The molecule has 0 spiro atoms. The van der Waals surface area contributed by atoms with Gasteiger partial charge in [0.25, 0.3) is 0 Å². The van der Waals surface area contributed by atoms with Crippen molar-refractivity contribution < 1.29 is 36.5 Å². The second-order valence-corrected chi connectivity index (χ2v) is 0. The Kier molecular flexibility index (Phi) is 4040. The molecule has 4 heavy (non-hydrogen) atoms. The minimum atomic E-state index is 0. The molecule has 1 radical (unpaired) electrons. The second-order valence-electron chi connectivity index (χ2n) is 0. The fraction of sp³-hybridized carbons (Fsp3) is 0. The minimum Gasteiger partial charge on any atom is -0.269 e. The van der Waals surface area contributed by atoms with E-state index in [0.717, 1.165) is 0 Å². The van der Waals surface area contributed by atoms with Crippen molar-refractivity contribution in [2.75, 3.05) is 0 Å². The molecular weight excluding hydrogens is 238 g/mol. The van der Waals surface area contributed by atoms with Crippen LogP contribution in [0.25, 0.3) is 0 Å².